The molecule has 1 fully saturated rings. The van der Waals surface area contributed by atoms with Crippen LogP contribution >= 0.6 is 12.4 Å². The topological polar surface area (TPSA) is 70.2 Å². The third-order valence-corrected chi connectivity index (χ3v) is 4.07. The molecular weight excluding hydrogens is 328 g/mol. The highest BCUT2D eigenvalue weighted by atomic mass is 35.5. The molecule has 2 unspecified atom stereocenters. The first-order valence-electron chi connectivity index (χ1n) is 8.44. The molecule has 2 atom stereocenters. The van der Waals surface area contributed by atoms with E-state index >= 15 is 0 Å². The number of aromatic nitrogens is 2. The number of nitrogens with zero attached hydrogens (tertiary/aromatic N) is 2. The molecule has 6 nitrogen and oxygen atoms in total. The Bertz CT molecular complexity index is 517. The van der Waals surface area contributed by atoms with Gasteiger partial charge in [-0.3, -0.25) is 9.89 Å². The predicted octanol–water partition coefficient (Wildman–Crippen LogP) is 2.24. The highest BCUT2D eigenvalue weighted by Crippen LogP contribution is 2.23. The maximum atomic E-state index is 12.3. The number of amides is 1. The molecule has 2 rings (SSSR count). The van der Waals surface area contributed by atoms with Gasteiger partial charge >= 0.3 is 0 Å². The van der Waals surface area contributed by atoms with Gasteiger partial charge in [-0.1, -0.05) is 20.8 Å². The maximum Gasteiger partial charge on any atom is 0.224 e. The van der Waals surface area contributed by atoms with Crippen LogP contribution in [0.4, 0.5) is 0 Å². The summed E-state index contributed by atoms with van der Waals surface area (Å²) in [4.78, 5) is 14.2. The lowest BCUT2D eigenvalue weighted by Crippen LogP contribution is -2.48. The molecule has 1 aliphatic heterocycles. The largest absolute Gasteiger partial charge is 0.372 e. The zero-order valence-electron chi connectivity index (χ0n) is 15.4. The molecule has 2 N–H and O–H groups in total. The maximum absolute atomic E-state index is 12.3. The molecule has 1 amide bonds. The van der Waals surface area contributed by atoms with E-state index in [0.29, 0.717) is 26.1 Å². The van der Waals surface area contributed by atoms with Crippen molar-refractivity contribution in [2.45, 2.75) is 65.2 Å². The third kappa shape index (κ3) is 5.76. The Morgan fingerprint density at radius 2 is 2.00 bits per heavy atom. The summed E-state index contributed by atoms with van der Waals surface area (Å²) >= 11 is 0. The van der Waals surface area contributed by atoms with Crippen molar-refractivity contribution in [2.24, 2.45) is 0 Å². The Kier molecular flexibility index (Phi) is 7.70. The number of nitrogens with one attached hydrogen (secondary N) is 2. The predicted molar refractivity (Wildman–Crippen MR) is 97.4 cm³/mol. The van der Waals surface area contributed by atoms with Gasteiger partial charge in [-0.2, -0.15) is 5.10 Å². The van der Waals surface area contributed by atoms with Crippen LogP contribution in [0.2, 0.25) is 0 Å². The fourth-order valence-corrected chi connectivity index (χ4v) is 3.05. The summed E-state index contributed by atoms with van der Waals surface area (Å²) < 4.78 is 5.67. The van der Waals surface area contributed by atoms with Crippen molar-refractivity contribution >= 4 is 18.3 Å². The highest BCUT2D eigenvalue weighted by Gasteiger charge is 2.25. The van der Waals surface area contributed by atoms with Crippen LogP contribution in [-0.2, 0) is 21.5 Å². The van der Waals surface area contributed by atoms with Crippen LogP contribution in [0.5, 0.6) is 0 Å². The van der Waals surface area contributed by atoms with Gasteiger partial charge < -0.3 is 15.0 Å². The average molecular weight is 359 g/mol. The van der Waals surface area contributed by atoms with Crippen molar-refractivity contribution in [1.29, 1.82) is 0 Å². The van der Waals surface area contributed by atoms with E-state index in [1.807, 2.05) is 24.9 Å². The lowest BCUT2D eigenvalue weighted by atomic mass is 9.89. The summed E-state index contributed by atoms with van der Waals surface area (Å²) in [6.07, 6.45) is 2.62. The fourth-order valence-electron chi connectivity index (χ4n) is 3.05. The SMILES string of the molecule is CC1CN(C(=O)CCNCc2cn[nH]c2C(C)(C)C)CC(C)O1.Cl. The van der Waals surface area contributed by atoms with Crippen molar-refractivity contribution in [2.75, 3.05) is 19.6 Å². The van der Waals surface area contributed by atoms with E-state index in [2.05, 4.69) is 36.3 Å². The summed E-state index contributed by atoms with van der Waals surface area (Å²) in [5.41, 5.74) is 2.36. The molecule has 0 aliphatic carbocycles. The van der Waals surface area contributed by atoms with E-state index in [1.54, 1.807) is 0 Å². The molecule has 138 valence electrons. The Morgan fingerprint density at radius 1 is 1.38 bits per heavy atom. The van der Waals surface area contributed by atoms with Crippen molar-refractivity contribution in [1.82, 2.24) is 20.4 Å². The fraction of sp³-hybridized carbons (Fsp3) is 0.765. The second-order valence-electron chi connectivity index (χ2n) is 7.50. The van der Waals surface area contributed by atoms with Crippen molar-refractivity contribution in [3.63, 3.8) is 0 Å². The minimum atomic E-state index is 0. The van der Waals surface area contributed by atoms with E-state index < -0.39 is 0 Å². The van der Waals surface area contributed by atoms with Crippen LogP contribution in [0, 0.1) is 0 Å². The Labute approximate surface area is 151 Å². The summed E-state index contributed by atoms with van der Waals surface area (Å²) in [6.45, 7) is 13.3. The Balaban J connectivity index is 0.00000288. The van der Waals surface area contributed by atoms with E-state index in [9.17, 15) is 4.79 Å². The Hall–Kier alpha value is -1.11. The molecule has 0 aromatic carbocycles. The van der Waals surface area contributed by atoms with E-state index in [1.165, 1.54) is 5.56 Å². The number of ether oxygens (including phenoxy) is 1. The van der Waals surface area contributed by atoms with Crippen LogP contribution < -0.4 is 5.32 Å². The molecule has 0 spiro atoms. The number of rotatable bonds is 5. The number of aromatic amines is 1. The van der Waals surface area contributed by atoms with Crippen molar-refractivity contribution < 1.29 is 9.53 Å². The summed E-state index contributed by atoms with van der Waals surface area (Å²) in [6, 6.07) is 0. The van der Waals surface area contributed by atoms with Crippen LogP contribution in [-0.4, -0.2) is 52.8 Å². The van der Waals surface area contributed by atoms with Gasteiger partial charge in [0.1, 0.15) is 0 Å². The van der Waals surface area contributed by atoms with Crippen molar-refractivity contribution in [3.8, 4) is 0 Å². The molecule has 24 heavy (non-hydrogen) atoms. The first-order chi connectivity index (χ1) is 10.8. The van der Waals surface area contributed by atoms with Gasteiger partial charge in [0.05, 0.1) is 18.4 Å². The van der Waals surface area contributed by atoms with E-state index in [4.69, 9.17) is 4.74 Å². The molecule has 1 aromatic heterocycles. The lowest BCUT2D eigenvalue weighted by molar-refractivity contribution is -0.143. The van der Waals surface area contributed by atoms with Gasteiger partial charge in [-0.05, 0) is 13.8 Å². The van der Waals surface area contributed by atoms with Crippen LogP contribution in [0.3, 0.4) is 0 Å². The normalized spacial score (nSPS) is 21.5. The third-order valence-electron chi connectivity index (χ3n) is 4.07. The number of H-pyrrole nitrogens is 1. The number of hydrogen-bond acceptors (Lipinski definition) is 4. The monoisotopic (exact) mass is 358 g/mol. The van der Waals surface area contributed by atoms with Crippen LogP contribution in [0.1, 0.15) is 52.3 Å². The molecule has 0 bridgehead atoms. The first-order valence-corrected chi connectivity index (χ1v) is 8.44. The van der Waals surface area contributed by atoms with Gasteiger partial charge in [-0.15, -0.1) is 12.4 Å². The van der Waals surface area contributed by atoms with E-state index in [0.717, 1.165) is 12.2 Å². The lowest BCUT2D eigenvalue weighted by Gasteiger charge is -2.35. The average Bonchev–Trinajstić information content (AvgIpc) is 2.90. The number of carbonyl (C=O) groups is 1. The van der Waals surface area contributed by atoms with Gasteiger partial charge in [0.15, 0.2) is 0 Å². The molecule has 0 radical (unpaired) electrons. The number of morpholine rings is 1. The number of halogens is 1. The van der Waals surface area contributed by atoms with Gasteiger partial charge in [0, 0.05) is 49.3 Å². The molecule has 0 saturated carbocycles. The minimum Gasteiger partial charge on any atom is -0.372 e. The van der Waals surface area contributed by atoms with Gasteiger partial charge in [0.2, 0.25) is 5.91 Å². The Morgan fingerprint density at radius 3 is 2.58 bits per heavy atom. The zero-order chi connectivity index (χ0) is 17.0. The van der Waals surface area contributed by atoms with Crippen molar-refractivity contribution in [3.05, 3.63) is 17.5 Å². The quantitative estimate of drug-likeness (QED) is 0.792. The first kappa shape index (κ1) is 20.9. The summed E-state index contributed by atoms with van der Waals surface area (Å²) in [5, 5.41) is 10.6. The minimum absolute atomic E-state index is 0. The number of carbonyl (C=O) groups excluding carboxylic acids is 1. The standard InChI is InChI=1S/C17H30N4O2.ClH/c1-12-10-21(11-13(2)23-12)15(22)6-7-18-8-14-9-19-20-16(14)17(3,4)5;/h9,12-13,18H,6-8,10-11H2,1-5H3,(H,19,20);1H. The second-order valence-corrected chi connectivity index (χ2v) is 7.50. The van der Waals surface area contributed by atoms with Crippen LogP contribution in [0.15, 0.2) is 6.20 Å². The van der Waals surface area contributed by atoms with Crippen LogP contribution in [0.25, 0.3) is 0 Å². The summed E-state index contributed by atoms with van der Waals surface area (Å²) in [7, 11) is 0. The van der Waals surface area contributed by atoms with Gasteiger partial charge in [0.25, 0.3) is 0 Å². The smallest absolute Gasteiger partial charge is 0.224 e. The summed E-state index contributed by atoms with van der Waals surface area (Å²) in [5.74, 6) is 0.197. The second kappa shape index (κ2) is 8.83. The molecule has 1 aliphatic rings. The molecule has 1 aromatic rings. The zero-order valence-corrected chi connectivity index (χ0v) is 16.2. The molecular formula is C17H31ClN4O2. The van der Waals surface area contributed by atoms with Gasteiger partial charge in [-0.25, -0.2) is 0 Å². The molecule has 1 saturated heterocycles. The highest BCUT2D eigenvalue weighted by molar-refractivity contribution is 5.85. The molecule has 2 heterocycles. The number of hydrogen-bond donors (Lipinski definition) is 2. The molecule has 7 heteroatoms. The van der Waals surface area contributed by atoms with E-state index in [-0.39, 0.29) is 35.9 Å².